The average molecular weight is 1800 g/mol. The Morgan fingerprint density at radius 1 is 0.487 bits per heavy atom. The van der Waals surface area contributed by atoms with Crippen molar-refractivity contribution in [3.05, 3.63) is 60.7 Å². The summed E-state index contributed by atoms with van der Waals surface area (Å²) in [6.45, 7) is 6.67. The highest BCUT2D eigenvalue weighted by atomic mass is 31.3. The maximum Gasteiger partial charge on any atom is 0.274 e. The average Bonchev–Trinajstić information content (AvgIpc) is 1.62. The summed E-state index contributed by atoms with van der Waals surface area (Å²) in [7, 11) is -35.6. The van der Waals surface area contributed by atoms with Crippen LogP contribution in [0.1, 0.15) is 150 Å². The summed E-state index contributed by atoms with van der Waals surface area (Å²) in [6.07, 6.45) is -9.04. The third-order valence-corrected chi connectivity index (χ3v) is 25.3. The van der Waals surface area contributed by atoms with Crippen LogP contribution < -0.4 is 71.9 Å². The number of amides is 4. The first-order chi connectivity index (χ1) is 55.1. The van der Waals surface area contributed by atoms with Crippen LogP contribution in [0.25, 0.3) is 22.3 Å². The van der Waals surface area contributed by atoms with E-state index in [0.717, 1.165) is 90.5 Å². The minimum absolute atomic E-state index is 0.0000903. The summed E-state index contributed by atoms with van der Waals surface area (Å²) in [5, 5.41) is 53.2. The Kier molecular flexibility index (Phi) is 35.1. The summed E-state index contributed by atoms with van der Waals surface area (Å²) in [5.74, 6) is -3.59. The Labute approximate surface area is 681 Å². The van der Waals surface area contributed by atoms with Gasteiger partial charge in [-0.05, 0) is 49.7 Å². The number of carbonyl (C=O) groups is 6. The van der Waals surface area contributed by atoms with Crippen LogP contribution in [0.3, 0.4) is 0 Å². The van der Waals surface area contributed by atoms with Crippen molar-refractivity contribution in [2.24, 2.45) is 21.7 Å². The van der Waals surface area contributed by atoms with Crippen LogP contribution in [0.2, 0.25) is 0 Å². The molecule has 668 valence electrons. The van der Waals surface area contributed by atoms with E-state index in [2.05, 4.69) is 111 Å². The number of anilines is 2. The zero-order chi connectivity index (χ0) is 88.7. The number of fused-ring (bicyclic) bond motifs is 2. The van der Waals surface area contributed by atoms with E-state index in [4.69, 9.17) is 20.9 Å². The molecule has 1 aromatic carbocycles. The standard InChI is InChI=1S/C65H104N14O34P6/c1-62(2,42(80)20-26-68-44(82)22-28-70-58(88)52(86)64(5,6)32-106-118(100,101)112-116(96,97)104-30-40-50(110-114(90,91)92)48(84)60(108-40)78-36-76-46-54(66)72-34-74-56(46)78)24-12-9-10-14-38-16-18-39(19-17-38)15-11-13-25-63(3,4)43(81)21-27-69-45(83)23-29-71-59(89)53(87)65(7,8)33-107-119(102,103)113-117(98,99)105-31-41-51(111-115(93,94)95)49(85)61(109-41)79-37-77-47-55(67)73-35-75-57(47)79/h16-19,34-37,40-41,48-53,60-61,84-87H,9-15,20-33H2,1-8H3,(H,68,82)(H,69,83)(H,70,88)(H,71,89)(H,96,97)(H,98,99)(H,100,101)(H,102,103)(H2,66,72,74)(H2,67,73,75)(H2,90,91,92)(H2,93,94,95)/p-8. The van der Waals surface area contributed by atoms with Crippen molar-refractivity contribution in [2.75, 3.05) is 64.1 Å². The molecule has 4 aromatic heterocycles. The third-order valence-electron chi connectivity index (χ3n) is 19.3. The number of phosphoric ester groups is 6. The van der Waals surface area contributed by atoms with Crippen molar-refractivity contribution >= 4 is 116 Å². The fourth-order valence-corrected chi connectivity index (χ4v) is 17.7. The molecule has 2 aliphatic heterocycles. The summed E-state index contributed by atoms with van der Waals surface area (Å²) >= 11 is 0. The largest absolute Gasteiger partial charge is 0.790 e. The Morgan fingerprint density at radius 2 is 0.824 bits per heavy atom. The smallest absolute Gasteiger partial charge is 0.274 e. The fourth-order valence-electron chi connectivity index (χ4n) is 12.3. The second-order valence-corrected chi connectivity index (χ2v) is 38.8. The molecule has 7 rings (SSSR count). The summed E-state index contributed by atoms with van der Waals surface area (Å²) < 4.78 is 123. The van der Waals surface area contributed by atoms with Gasteiger partial charge in [-0.25, -0.2) is 38.5 Å². The topological polar surface area (TPSA) is 750 Å². The lowest BCUT2D eigenvalue weighted by atomic mass is 9.81. The van der Waals surface area contributed by atoms with Crippen molar-refractivity contribution in [3.8, 4) is 0 Å². The number of rotatable bonds is 51. The number of phosphoric acid groups is 6. The highest BCUT2D eigenvalue weighted by molar-refractivity contribution is 7.60. The molecule has 2 saturated heterocycles. The minimum Gasteiger partial charge on any atom is -0.790 e. The lowest BCUT2D eigenvalue weighted by Crippen LogP contribution is -2.46. The number of aryl methyl sites for hydroxylation is 2. The van der Waals surface area contributed by atoms with E-state index in [-0.39, 0.29) is 97.4 Å². The summed E-state index contributed by atoms with van der Waals surface area (Å²) in [6, 6.07) is 8.26. The molecule has 6 heterocycles. The van der Waals surface area contributed by atoms with Gasteiger partial charge in [0.05, 0.1) is 54.7 Å². The first-order valence-corrected chi connectivity index (χ1v) is 45.7. The highest BCUT2D eigenvalue weighted by Gasteiger charge is 2.50. The van der Waals surface area contributed by atoms with E-state index < -0.39 is 180 Å². The van der Waals surface area contributed by atoms with Crippen molar-refractivity contribution in [3.63, 3.8) is 0 Å². The lowest BCUT2D eigenvalue weighted by Gasteiger charge is -2.36. The SMILES string of the molecule is CC(C)(CCCCCc1ccc(CCCCC(C)(C)C(=O)CCNC(=O)CCNC(=O)C(O)C(C)(C)COP(=O)([O-])OP(=O)([O-])OCC2OC(n3cnc4c(N)ncnc43)C(O)C2OP(=O)([O-])[O-])cc1)C(=O)CCNC(=O)CCNC(=O)C(O)C(C)(C)COP(=O)([O-])OP(=O)([O-])OCC1OC(n2cnc3c(N)ncnc32)C(O)C1OP(=O)([O-])[O-]. The third kappa shape index (κ3) is 30.2. The van der Waals surface area contributed by atoms with Gasteiger partial charge in [0, 0.05) is 73.5 Å². The number of aromatic nitrogens is 8. The van der Waals surface area contributed by atoms with Gasteiger partial charge in [-0.3, -0.25) is 56.2 Å². The van der Waals surface area contributed by atoms with Crippen molar-refractivity contribution in [1.29, 1.82) is 0 Å². The van der Waals surface area contributed by atoms with E-state index >= 15 is 0 Å². The number of nitrogens with zero attached hydrogens (tertiary/aromatic N) is 8. The van der Waals surface area contributed by atoms with E-state index in [9.17, 15) is 116 Å². The molecule has 12 N–H and O–H groups in total. The predicted molar refractivity (Wildman–Crippen MR) is 394 cm³/mol. The van der Waals surface area contributed by atoms with Gasteiger partial charge in [-0.1, -0.05) is 98.9 Å². The maximum atomic E-state index is 13.2. The molecule has 48 nitrogen and oxygen atoms in total. The van der Waals surface area contributed by atoms with E-state index in [1.165, 1.54) is 27.7 Å². The number of hydrogen-bond acceptors (Lipinski definition) is 42. The number of imidazole rings is 2. The number of nitrogen functional groups attached to an aromatic ring is 2. The van der Waals surface area contributed by atoms with Crippen molar-refractivity contribution in [2.45, 2.75) is 200 Å². The summed E-state index contributed by atoms with van der Waals surface area (Å²) in [4.78, 5) is 198. The molecule has 2 aliphatic rings. The number of ether oxygens (including phenoxy) is 2. The number of carbonyl (C=O) groups excluding carboxylic acids is 6. The summed E-state index contributed by atoms with van der Waals surface area (Å²) in [5.41, 5.74) is 8.83. The molecule has 14 unspecified atom stereocenters. The lowest BCUT2D eigenvalue weighted by molar-refractivity contribution is -0.348. The number of Topliss-reactive ketones (excluding diaryl/α,β-unsaturated/α-hetero) is 2. The number of benzene rings is 1. The predicted octanol–water partition coefficient (Wildman–Crippen LogP) is -2.75. The Bertz CT molecular complexity index is 4640. The van der Waals surface area contributed by atoms with Crippen LogP contribution in [0.15, 0.2) is 49.6 Å². The van der Waals surface area contributed by atoms with Gasteiger partial charge >= 0.3 is 0 Å². The van der Waals surface area contributed by atoms with Crippen LogP contribution in [-0.4, -0.2) is 196 Å². The molecular formula is C65H96N14O34P6-8. The highest BCUT2D eigenvalue weighted by Crippen LogP contribution is 2.58. The fraction of sp³-hybridized carbons (Fsp3) is 0.662. The van der Waals surface area contributed by atoms with E-state index in [1.807, 2.05) is 27.7 Å². The van der Waals surface area contributed by atoms with Gasteiger partial charge < -0.3 is 138 Å². The van der Waals surface area contributed by atoms with Gasteiger partial charge in [0.15, 0.2) is 35.4 Å². The maximum absolute atomic E-state index is 13.2. The number of nitrogens with one attached hydrogen (secondary N) is 4. The quantitative estimate of drug-likeness (QED) is 0.0139. The second kappa shape index (κ2) is 41.9. The molecule has 54 heteroatoms. The first kappa shape index (κ1) is 99.7. The molecule has 0 spiro atoms. The zero-order valence-corrected chi connectivity index (χ0v) is 71.1. The van der Waals surface area contributed by atoms with Gasteiger partial charge in [0.25, 0.3) is 31.3 Å². The number of unbranched alkanes of at least 4 members (excludes halogenated alkanes) is 3. The molecule has 0 bridgehead atoms. The number of hydrogen-bond donors (Lipinski definition) is 10. The number of aliphatic hydroxyl groups excluding tert-OH is 4. The van der Waals surface area contributed by atoms with Gasteiger partial charge in [0.1, 0.15) is 84.1 Å². The first-order valence-electron chi connectivity index (χ1n) is 36.9. The van der Waals surface area contributed by atoms with Gasteiger partial charge in [-0.15, -0.1) is 0 Å². The number of aliphatic hydroxyl groups is 4. The van der Waals surface area contributed by atoms with Crippen LogP contribution >= 0.6 is 46.9 Å². The molecule has 0 radical (unpaired) electrons. The monoisotopic (exact) mass is 1800 g/mol. The van der Waals surface area contributed by atoms with E-state index in [0.29, 0.717) is 12.8 Å². The van der Waals surface area contributed by atoms with Crippen LogP contribution in [-0.2, 0) is 114 Å². The van der Waals surface area contributed by atoms with Crippen LogP contribution in [0.4, 0.5) is 11.6 Å². The molecule has 14 atom stereocenters. The van der Waals surface area contributed by atoms with Crippen molar-refractivity contribution in [1.82, 2.24) is 60.3 Å². The normalized spacial score (nSPS) is 21.5. The molecule has 5 aromatic rings. The van der Waals surface area contributed by atoms with Crippen LogP contribution in [0.5, 0.6) is 0 Å². The zero-order valence-electron chi connectivity index (χ0n) is 65.7. The Morgan fingerprint density at radius 3 is 1.18 bits per heavy atom. The minimum atomic E-state index is -5.99. The molecule has 0 aliphatic carbocycles. The molecule has 119 heavy (non-hydrogen) atoms. The molecule has 2 fully saturated rings. The Hall–Kier alpha value is -6.36. The van der Waals surface area contributed by atoms with E-state index in [1.54, 1.807) is 0 Å². The van der Waals surface area contributed by atoms with Crippen LogP contribution in [0, 0.1) is 21.7 Å². The number of ketones is 2. The second-order valence-electron chi connectivity index (χ2n) is 30.7. The van der Waals surface area contributed by atoms with Gasteiger partial charge in [0.2, 0.25) is 23.6 Å². The molecule has 0 saturated carbocycles. The van der Waals surface area contributed by atoms with Crippen molar-refractivity contribution < 1.29 is 161 Å². The molecule has 4 amide bonds. The molecular weight excluding hydrogens is 1710 g/mol. The Balaban J connectivity index is 0.692. The number of nitrogens with two attached hydrogens (primary N) is 2. The van der Waals surface area contributed by atoms with Gasteiger partial charge in [-0.2, -0.15) is 0 Å².